The van der Waals surface area contributed by atoms with Crippen LogP contribution in [-0.4, -0.2) is 27.7 Å². The number of rotatable bonds is 2. The highest BCUT2D eigenvalue weighted by Gasteiger charge is 2.25. The van der Waals surface area contributed by atoms with Crippen LogP contribution >= 0.6 is 0 Å². The molecule has 1 heterocycles. The molecule has 5 nitrogen and oxygen atoms in total. The van der Waals surface area contributed by atoms with Crippen LogP contribution in [0.2, 0.25) is 0 Å². The molecular formula is C16H23FN2O3S. The molecule has 0 saturated heterocycles. The number of carbonyl (C=O) groups is 1. The third-order valence-corrected chi connectivity index (χ3v) is 5.66. The summed E-state index contributed by atoms with van der Waals surface area (Å²) in [4.78, 5) is 11.8. The van der Waals surface area contributed by atoms with Crippen LogP contribution in [0, 0.1) is 5.82 Å². The average molecular weight is 342 g/mol. The molecule has 1 aliphatic rings. The van der Waals surface area contributed by atoms with Gasteiger partial charge in [0.15, 0.2) is 0 Å². The Hall–Kier alpha value is -1.63. The summed E-state index contributed by atoms with van der Waals surface area (Å²) in [7, 11) is -3.21. The minimum absolute atomic E-state index is 0.0253. The topological polar surface area (TPSA) is 67.8 Å². The van der Waals surface area contributed by atoms with E-state index in [1.807, 2.05) is 6.92 Å². The Morgan fingerprint density at radius 3 is 2.70 bits per heavy atom. The van der Waals surface area contributed by atoms with Crippen molar-refractivity contribution in [3.63, 3.8) is 0 Å². The van der Waals surface area contributed by atoms with Crippen molar-refractivity contribution in [2.45, 2.75) is 57.6 Å². The van der Waals surface area contributed by atoms with E-state index in [0.717, 1.165) is 11.3 Å². The molecule has 1 aromatic rings. The summed E-state index contributed by atoms with van der Waals surface area (Å²) in [5.74, 6) is -0.573. The molecule has 0 fully saturated rings. The molecule has 128 valence electrons. The fraction of sp³-hybridized carbons (Fsp3) is 0.562. The highest BCUT2D eigenvalue weighted by molar-refractivity contribution is 7.93. The second kappa shape index (κ2) is 6.11. The summed E-state index contributed by atoms with van der Waals surface area (Å²) >= 11 is 0. The van der Waals surface area contributed by atoms with E-state index in [9.17, 15) is 13.4 Å². The SMILES string of the molecule is CCS(=O)(=NC(=O)OC(C)(C)C)c1cc2c(cc1F)CC(C)N2. The number of halogens is 1. The van der Waals surface area contributed by atoms with E-state index in [2.05, 4.69) is 9.68 Å². The molecule has 0 bridgehead atoms. The van der Waals surface area contributed by atoms with Gasteiger partial charge >= 0.3 is 6.09 Å². The number of nitrogens with one attached hydrogen (secondary N) is 1. The van der Waals surface area contributed by atoms with Gasteiger partial charge < -0.3 is 10.1 Å². The number of amides is 1. The average Bonchev–Trinajstić information content (AvgIpc) is 2.74. The molecule has 0 aliphatic carbocycles. The van der Waals surface area contributed by atoms with Crippen molar-refractivity contribution in [2.75, 3.05) is 11.1 Å². The van der Waals surface area contributed by atoms with Crippen molar-refractivity contribution in [2.24, 2.45) is 4.36 Å². The summed E-state index contributed by atoms with van der Waals surface area (Å²) in [5, 5.41) is 3.20. The van der Waals surface area contributed by atoms with Crippen LogP contribution < -0.4 is 5.32 Å². The van der Waals surface area contributed by atoms with Gasteiger partial charge in [-0.05, 0) is 51.8 Å². The summed E-state index contributed by atoms with van der Waals surface area (Å²) in [5.41, 5.74) is 0.839. The zero-order chi connectivity index (χ0) is 17.4. The molecule has 2 rings (SSSR count). The van der Waals surface area contributed by atoms with E-state index in [1.165, 1.54) is 12.1 Å². The number of fused-ring (bicyclic) bond motifs is 1. The van der Waals surface area contributed by atoms with Crippen molar-refractivity contribution in [1.82, 2.24) is 0 Å². The molecule has 1 N–H and O–H groups in total. The first-order chi connectivity index (χ1) is 10.5. The van der Waals surface area contributed by atoms with Gasteiger partial charge in [0.05, 0.1) is 14.6 Å². The molecule has 7 heteroatoms. The molecule has 0 radical (unpaired) electrons. The van der Waals surface area contributed by atoms with E-state index in [0.29, 0.717) is 6.42 Å². The van der Waals surface area contributed by atoms with E-state index in [1.54, 1.807) is 27.7 Å². The van der Waals surface area contributed by atoms with Gasteiger partial charge in [-0.1, -0.05) is 6.92 Å². The van der Waals surface area contributed by atoms with Gasteiger partial charge in [0.2, 0.25) is 0 Å². The van der Waals surface area contributed by atoms with Gasteiger partial charge in [-0.15, -0.1) is 4.36 Å². The summed E-state index contributed by atoms with van der Waals surface area (Å²) in [6.07, 6.45) is -0.228. The number of anilines is 1. The number of hydrogen-bond donors (Lipinski definition) is 1. The normalized spacial score (nSPS) is 19.5. The van der Waals surface area contributed by atoms with Gasteiger partial charge in [0.1, 0.15) is 11.4 Å². The largest absolute Gasteiger partial charge is 0.442 e. The molecule has 0 saturated carbocycles. The second-order valence-electron chi connectivity index (χ2n) is 6.69. The maximum absolute atomic E-state index is 14.4. The van der Waals surface area contributed by atoms with E-state index in [-0.39, 0.29) is 16.7 Å². The summed E-state index contributed by atoms with van der Waals surface area (Å²) in [6, 6.07) is 3.08. The molecule has 1 aromatic carbocycles. The molecule has 1 aliphatic heterocycles. The van der Waals surface area contributed by atoms with Crippen LogP contribution in [0.25, 0.3) is 0 Å². The lowest BCUT2D eigenvalue weighted by atomic mass is 10.1. The maximum atomic E-state index is 14.4. The first kappa shape index (κ1) is 17.7. The molecule has 0 spiro atoms. The standard InChI is InChI=1S/C16H23FN2O3S/c1-6-23(21,19-15(20)22-16(3,4)5)14-9-13-11(8-12(14)17)7-10(2)18-13/h8-10,18H,6-7H2,1-5H3. The molecule has 23 heavy (non-hydrogen) atoms. The minimum Gasteiger partial charge on any atom is -0.442 e. The number of nitrogens with zero attached hydrogens (tertiary/aromatic N) is 1. The lowest BCUT2D eigenvalue weighted by Gasteiger charge is -2.18. The number of hydrogen-bond acceptors (Lipinski definition) is 4. The minimum atomic E-state index is -3.21. The maximum Gasteiger partial charge on any atom is 0.442 e. The first-order valence-electron chi connectivity index (χ1n) is 7.61. The summed E-state index contributed by atoms with van der Waals surface area (Å²) in [6.45, 7) is 8.67. The quantitative estimate of drug-likeness (QED) is 0.883. The predicted molar refractivity (Wildman–Crippen MR) is 88.8 cm³/mol. The van der Waals surface area contributed by atoms with Gasteiger partial charge in [-0.3, -0.25) is 0 Å². The highest BCUT2D eigenvalue weighted by atomic mass is 32.2. The van der Waals surface area contributed by atoms with Gasteiger partial charge in [-0.25, -0.2) is 13.4 Å². The number of ether oxygens (including phenoxy) is 1. The fourth-order valence-corrected chi connectivity index (χ4v) is 3.94. The Kier molecular flexibility index (Phi) is 4.71. The third kappa shape index (κ3) is 4.02. The van der Waals surface area contributed by atoms with Crippen molar-refractivity contribution in [3.8, 4) is 0 Å². The van der Waals surface area contributed by atoms with Gasteiger partial charge in [-0.2, -0.15) is 0 Å². The van der Waals surface area contributed by atoms with E-state index >= 15 is 0 Å². The lowest BCUT2D eigenvalue weighted by Crippen LogP contribution is -2.23. The van der Waals surface area contributed by atoms with Crippen LogP contribution in [0.1, 0.15) is 40.2 Å². The monoisotopic (exact) mass is 342 g/mol. The highest BCUT2D eigenvalue weighted by Crippen LogP contribution is 2.31. The van der Waals surface area contributed by atoms with Crippen molar-refractivity contribution in [1.29, 1.82) is 0 Å². The first-order valence-corrected chi connectivity index (χ1v) is 9.29. The molecule has 2 atom stereocenters. The third-order valence-electron chi connectivity index (χ3n) is 3.44. The van der Waals surface area contributed by atoms with Crippen LogP contribution in [0.5, 0.6) is 0 Å². The van der Waals surface area contributed by atoms with E-state index in [4.69, 9.17) is 4.74 Å². The Morgan fingerprint density at radius 1 is 1.48 bits per heavy atom. The Bertz CT molecular complexity index is 746. The van der Waals surface area contributed by atoms with Crippen molar-refractivity contribution in [3.05, 3.63) is 23.5 Å². The van der Waals surface area contributed by atoms with Gasteiger partial charge in [0, 0.05) is 17.5 Å². The molecule has 1 amide bonds. The van der Waals surface area contributed by atoms with Crippen molar-refractivity contribution < 1.29 is 18.1 Å². The molecule has 2 unspecified atom stereocenters. The molecule has 0 aromatic heterocycles. The van der Waals surface area contributed by atoms with Crippen molar-refractivity contribution >= 4 is 21.5 Å². The number of carbonyl (C=O) groups excluding carboxylic acids is 1. The van der Waals surface area contributed by atoms with E-state index < -0.39 is 27.2 Å². The van der Waals surface area contributed by atoms with Crippen LogP contribution in [-0.2, 0) is 20.9 Å². The summed E-state index contributed by atoms with van der Waals surface area (Å²) < 4.78 is 36.2. The predicted octanol–water partition coefficient (Wildman–Crippen LogP) is 3.96. The van der Waals surface area contributed by atoms with Crippen LogP contribution in [0.3, 0.4) is 0 Å². The Morgan fingerprint density at radius 2 is 2.13 bits per heavy atom. The Balaban J connectivity index is 2.47. The second-order valence-corrected chi connectivity index (χ2v) is 9.17. The number of benzene rings is 1. The molecular weight excluding hydrogens is 319 g/mol. The Labute approximate surface area is 136 Å². The van der Waals surface area contributed by atoms with Crippen LogP contribution in [0.4, 0.5) is 14.9 Å². The van der Waals surface area contributed by atoms with Crippen LogP contribution in [0.15, 0.2) is 21.4 Å². The lowest BCUT2D eigenvalue weighted by molar-refractivity contribution is 0.0607. The van der Waals surface area contributed by atoms with Gasteiger partial charge in [0.25, 0.3) is 0 Å². The fourth-order valence-electron chi connectivity index (χ4n) is 2.46. The zero-order valence-corrected chi connectivity index (χ0v) is 14.9. The smallest absolute Gasteiger partial charge is 0.442 e. The zero-order valence-electron chi connectivity index (χ0n) is 14.1.